The lowest BCUT2D eigenvalue weighted by Crippen LogP contribution is -2.05. The van der Waals surface area contributed by atoms with E-state index in [0.29, 0.717) is 29.5 Å². The van der Waals surface area contributed by atoms with Crippen molar-refractivity contribution in [3.8, 4) is 62.5 Å². The Bertz CT molecular complexity index is 3360. The highest BCUT2D eigenvalue weighted by molar-refractivity contribution is 6.11. The summed E-state index contributed by atoms with van der Waals surface area (Å²) in [6, 6.07) is 59.5. The average Bonchev–Trinajstić information content (AvgIpc) is 3.82. The zero-order chi connectivity index (χ0) is 41.5. The molecule has 0 bridgehead atoms. The number of hydrogen-bond acceptors (Lipinski definition) is 4. The molecule has 290 valence electrons. The standard InChI is InChI=1S/C55H40N6/c1-4-14-43-32-44(55-58-52(15-5-2)57-54(59-55)41-18-10-7-11-19-41)33-46(40-25-23-39(24-26-40)38-16-8-6-9-17-38)53(43)61-50-28-22-37(35-56)31-47(50)48-34-45(27-29-51(48)61)60-36(3)30-42-20-12-13-21-49(42)60/h4-13,15-34H,1,14H2,2-3H3/b15-5+. The van der Waals surface area contributed by atoms with Gasteiger partial charge in [-0.3, -0.25) is 0 Å². The maximum absolute atomic E-state index is 10.2. The van der Waals surface area contributed by atoms with E-state index in [2.05, 4.69) is 144 Å². The topological polar surface area (TPSA) is 72.3 Å². The number of nitriles is 1. The highest BCUT2D eigenvalue weighted by Gasteiger charge is 2.23. The third kappa shape index (κ3) is 6.69. The van der Waals surface area contributed by atoms with Gasteiger partial charge in [0.25, 0.3) is 0 Å². The Balaban J connectivity index is 1.27. The van der Waals surface area contributed by atoms with Gasteiger partial charge in [-0.25, -0.2) is 15.0 Å². The molecule has 0 N–H and O–H groups in total. The lowest BCUT2D eigenvalue weighted by Gasteiger charge is -2.20. The van der Waals surface area contributed by atoms with Crippen molar-refractivity contribution in [2.75, 3.05) is 0 Å². The van der Waals surface area contributed by atoms with Gasteiger partial charge in [0.1, 0.15) is 0 Å². The van der Waals surface area contributed by atoms with E-state index >= 15 is 0 Å². The van der Waals surface area contributed by atoms with E-state index in [1.54, 1.807) is 0 Å². The molecule has 6 heteroatoms. The lowest BCUT2D eigenvalue weighted by molar-refractivity contribution is 1.04. The van der Waals surface area contributed by atoms with Gasteiger partial charge in [-0.2, -0.15) is 5.26 Å². The second-order valence-corrected chi connectivity index (χ2v) is 15.2. The zero-order valence-electron chi connectivity index (χ0n) is 33.9. The SMILES string of the molecule is C=CCc1cc(-c2nc(/C=C/C)nc(-c3ccccc3)n2)cc(-c2ccc(-c3ccccc3)cc2)c1-n1c2ccc(C#N)cc2c2cc(-n3c(C)cc4ccccc43)ccc21. The van der Waals surface area contributed by atoms with Crippen LogP contribution in [-0.4, -0.2) is 24.1 Å². The quantitative estimate of drug-likeness (QED) is 0.137. The summed E-state index contributed by atoms with van der Waals surface area (Å²) in [6.45, 7) is 8.36. The summed E-state index contributed by atoms with van der Waals surface area (Å²) in [5.74, 6) is 1.78. The molecule has 0 atom stereocenters. The number of para-hydroxylation sites is 1. The van der Waals surface area contributed by atoms with Crippen molar-refractivity contribution in [2.24, 2.45) is 0 Å². The van der Waals surface area contributed by atoms with E-state index in [4.69, 9.17) is 15.0 Å². The number of aryl methyl sites for hydroxylation is 1. The summed E-state index contributed by atoms with van der Waals surface area (Å²) < 4.78 is 4.68. The molecule has 0 aliphatic rings. The van der Waals surface area contributed by atoms with Crippen LogP contribution in [0.2, 0.25) is 0 Å². The summed E-state index contributed by atoms with van der Waals surface area (Å²) in [5.41, 5.74) is 14.2. The normalized spacial score (nSPS) is 11.5. The van der Waals surface area contributed by atoms with Crippen LogP contribution in [0.5, 0.6) is 0 Å². The van der Waals surface area contributed by atoms with Gasteiger partial charge in [-0.1, -0.05) is 115 Å². The molecule has 0 unspecified atom stereocenters. The minimum atomic E-state index is 0.584. The van der Waals surface area contributed by atoms with Crippen LogP contribution in [0.4, 0.5) is 0 Å². The molecule has 6 nitrogen and oxygen atoms in total. The van der Waals surface area contributed by atoms with Gasteiger partial charge in [0.2, 0.25) is 0 Å². The van der Waals surface area contributed by atoms with E-state index in [0.717, 1.165) is 83.3 Å². The first-order valence-electron chi connectivity index (χ1n) is 20.5. The van der Waals surface area contributed by atoms with Gasteiger partial charge in [0.15, 0.2) is 17.5 Å². The molecule has 0 fully saturated rings. The van der Waals surface area contributed by atoms with Crippen LogP contribution in [0.15, 0.2) is 183 Å². The maximum atomic E-state index is 10.2. The molecule has 0 spiro atoms. The van der Waals surface area contributed by atoms with Crippen LogP contribution in [0.3, 0.4) is 0 Å². The smallest absolute Gasteiger partial charge is 0.164 e. The molecular weight excluding hydrogens is 745 g/mol. The Hall–Kier alpha value is -8.14. The maximum Gasteiger partial charge on any atom is 0.164 e. The Morgan fingerprint density at radius 2 is 1.23 bits per heavy atom. The van der Waals surface area contributed by atoms with Gasteiger partial charge in [0.05, 0.1) is 33.9 Å². The second-order valence-electron chi connectivity index (χ2n) is 15.2. The number of benzene rings is 7. The van der Waals surface area contributed by atoms with Crippen LogP contribution in [0, 0.1) is 18.3 Å². The van der Waals surface area contributed by atoms with Crippen molar-refractivity contribution in [2.45, 2.75) is 20.3 Å². The van der Waals surface area contributed by atoms with Crippen LogP contribution < -0.4 is 0 Å². The van der Waals surface area contributed by atoms with E-state index in [-0.39, 0.29) is 0 Å². The Labute approximate surface area is 354 Å². The second kappa shape index (κ2) is 15.6. The average molecular weight is 785 g/mol. The molecule has 0 aliphatic heterocycles. The lowest BCUT2D eigenvalue weighted by atomic mass is 9.93. The van der Waals surface area contributed by atoms with Crippen LogP contribution in [0.25, 0.3) is 95.2 Å². The third-order valence-electron chi connectivity index (χ3n) is 11.4. The summed E-state index contributed by atoms with van der Waals surface area (Å²) >= 11 is 0. The van der Waals surface area contributed by atoms with Crippen molar-refractivity contribution >= 4 is 38.8 Å². The van der Waals surface area contributed by atoms with Crippen molar-refractivity contribution in [3.05, 3.63) is 205 Å². The van der Waals surface area contributed by atoms with Gasteiger partial charge in [-0.05, 0) is 109 Å². The van der Waals surface area contributed by atoms with Crippen molar-refractivity contribution in [1.29, 1.82) is 5.26 Å². The molecule has 3 aromatic heterocycles. The molecule has 0 aliphatic carbocycles. The highest BCUT2D eigenvalue weighted by atomic mass is 15.0. The molecule has 3 heterocycles. The van der Waals surface area contributed by atoms with Gasteiger partial charge < -0.3 is 9.13 Å². The summed E-state index contributed by atoms with van der Waals surface area (Å²) in [6.07, 6.45) is 6.41. The Morgan fingerprint density at radius 3 is 1.95 bits per heavy atom. The van der Waals surface area contributed by atoms with E-state index in [1.165, 1.54) is 5.39 Å². The van der Waals surface area contributed by atoms with Crippen LogP contribution >= 0.6 is 0 Å². The number of aromatic nitrogens is 5. The fraction of sp³-hybridized carbons (Fsp3) is 0.0545. The summed E-state index contributed by atoms with van der Waals surface area (Å²) in [7, 11) is 0. The molecule has 0 radical (unpaired) electrons. The predicted octanol–water partition coefficient (Wildman–Crippen LogP) is 13.5. The first-order chi connectivity index (χ1) is 30.0. The van der Waals surface area contributed by atoms with Crippen LogP contribution in [0.1, 0.15) is 29.6 Å². The molecule has 10 aromatic rings. The molecule has 7 aromatic carbocycles. The largest absolute Gasteiger partial charge is 0.314 e. The van der Waals surface area contributed by atoms with Gasteiger partial charge in [-0.15, -0.1) is 6.58 Å². The van der Waals surface area contributed by atoms with E-state index < -0.39 is 0 Å². The monoisotopic (exact) mass is 784 g/mol. The minimum absolute atomic E-state index is 0.584. The first kappa shape index (κ1) is 37.2. The van der Waals surface area contributed by atoms with Crippen LogP contribution in [-0.2, 0) is 6.42 Å². The third-order valence-corrected chi connectivity index (χ3v) is 11.4. The van der Waals surface area contributed by atoms with Gasteiger partial charge >= 0.3 is 0 Å². The number of rotatable bonds is 9. The molecule has 10 rings (SSSR count). The Morgan fingerprint density at radius 1 is 0.590 bits per heavy atom. The van der Waals surface area contributed by atoms with E-state index in [9.17, 15) is 5.26 Å². The Kier molecular flexibility index (Phi) is 9.47. The molecule has 0 saturated heterocycles. The molecule has 0 amide bonds. The minimum Gasteiger partial charge on any atom is -0.314 e. The molecular formula is C55H40N6. The molecule has 61 heavy (non-hydrogen) atoms. The number of nitrogens with zero attached hydrogens (tertiary/aromatic N) is 6. The van der Waals surface area contributed by atoms with Crippen molar-refractivity contribution in [3.63, 3.8) is 0 Å². The number of fused-ring (bicyclic) bond motifs is 4. The van der Waals surface area contributed by atoms with E-state index in [1.807, 2.05) is 73.7 Å². The summed E-state index contributed by atoms with van der Waals surface area (Å²) in [4.78, 5) is 14.9. The van der Waals surface area contributed by atoms with Crippen molar-refractivity contribution in [1.82, 2.24) is 24.1 Å². The summed E-state index contributed by atoms with van der Waals surface area (Å²) in [5, 5.41) is 13.4. The zero-order valence-corrected chi connectivity index (χ0v) is 33.9. The predicted molar refractivity (Wildman–Crippen MR) is 251 cm³/mol. The fourth-order valence-corrected chi connectivity index (χ4v) is 8.65. The van der Waals surface area contributed by atoms with Crippen molar-refractivity contribution < 1.29 is 0 Å². The van der Waals surface area contributed by atoms with Gasteiger partial charge in [0, 0.05) is 44.2 Å². The highest BCUT2D eigenvalue weighted by Crippen LogP contribution is 2.42. The number of allylic oxidation sites excluding steroid dienone is 2. The fourth-order valence-electron chi connectivity index (χ4n) is 8.65. The number of hydrogen-bond donors (Lipinski definition) is 0. The molecule has 0 saturated carbocycles. The first-order valence-corrected chi connectivity index (χ1v) is 20.5.